The molecule has 4 rings (SSSR count). The number of para-hydroxylation sites is 2. The fraction of sp³-hybridized carbons (Fsp3) is 0.238. The smallest absolute Gasteiger partial charge is 0.258 e. The molecule has 0 aliphatic carbocycles. The molecular weight excluding hydrogens is 326 g/mol. The van der Waals surface area contributed by atoms with E-state index in [0.717, 1.165) is 17.8 Å². The molecule has 2 N–H and O–H groups in total. The molecule has 0 fully saturated rings. The zero-order valence-corrected chi connectivity index (χ0v) is 14.9. The van der Waals surface area contributed by atoms with E-state index in [-0.39, 0.29) is 17.7 Å². The first-order valence-corrected chi connectivity index (χ1v) is 8.80. The normalized spacial score (nSPS) is 19.4. The van der Waals surface area contributed by atoms with E-state index in [1.54, 1.807) is 6.07 Å². The van der Waals surface area contributed by atoms with Crippen LogP contribution in [0.5, 0.6) is 0 Å². The van der Waals surface area contributed by atoms with E-state index in [1.165, 1.54) is 0 Å². The molecule has 1 atom stereocenters. The minimum Gasteiger partial charge on any atom is -0.353 e. The average molecular weight is 347 g/mol. The summed E-state index contributed by atoms with van der Waals surface area (Å²) < 4.78 is 0. The highest BCUT2D eigenvalue weighted by molar-refractivity contribution is 6.21. The quantitative estimate of drug-likeness (QED) is 0.811. The lowest BCUT2D eigenvalue weighted by Crippen LogP contribution is -2.33. The molecule has 0 bridgehead atoms. The van der Waals surface area contributed by atoms with Crippen LogP contribution in [0.4, 0.5) is 17.1 Å². The van der Waals surface area contributed by atoms with E-state index >= 15 is 0 Å². The summed E-state index contributed by atoms with van der Waals surface area (Å²) in [5, 5.41) is 6.20. The lowest BCUT2D eigenvalue weighted by Gasteiger charge is -2.28. The van der Waals surface area contributed by atoms with Crippen LogP contribution in [0, 0.1) is 0 Å². The van der Waals surface area contributed by atoms with Crippen LogP contribution in [0.15, 0.2) is 54.1 Å². The summed E-state index contributed by atoms with van der Waals surface area (Å²) in [5.41, 5.74) is 3.80. The number of fused-ring (bicyclic) bond motifs is 2. The molecule has 2 aromatic carbocycles. The predicted octanol–water partition coefficient (Wildman–Crippen LogP) is 3.83. The number of hydrogen-bond donors (Lipinski definition) is 2. The van der Waals surface area contributed by atoms with Crippen molar-refractivity contribution in [2.24, 2.45) is 0 Å². The molecule has 0 aromatic heterocycles. The molecule has 5 heteroatoms. The Balaban J connectivity index is 1.77. The molecule has 2 heterocycles. The fourth-order valence-corrected chi connectivity index (χ4v) is 3.49. The Morgan fingerprint density at radius 2 is 1.73 bits per heavy atom. The Hall–Kier alpha value is -2.92. The summed E-state index contributed by atoms with van der Waals surface area (Å²) in [6.45, 7) is 2.91. The van der Waals surface area contributed by atoms with Gasteiger partial charge in [0.05, 0.1) is 22.6 Å². The Labute approximate surface area is 152 Å². The summed E-state index contributed by atoms with van der Waals surface area (Å²) in [7, 11) is 2.05. The largest absolute Gasteiger partial charge is 0.353 e. The van der Waals surface area contributed by atoms with Gasteiger partial charge in [0.2, 0.25) is 0 Å². The van der Waals surface area contributed by atoms with Gasteiger partial charge < -0.3 is 10.6 Å². The van der Waals surface area contributed by atoms with E-state index in [9.17, 15) is 9.59 Å². The Morgan fingerprint density at radius 3 is 2.46 bits per heavy atom. The van der Waals surface area contributed by atoms with Crippen molar-refractivity contribution in [1.29, 1.82) is 0 Å². The Kier molecular flexibility index (Phi) is 4.09. The van der Waals surface area contributed by atoms with Crippen LogP contribution in [-0.2, 0) is 0 Å². The van der Waals surface area contributed by atoms with E-state index < -0.39 is 0 Å². The SMILES string of the molecule is CC1C=C(C(=O)c2cccc3c2C(=O)Nc2ccccc2N3)CCN1C. The zero-order valence-electron chi connectivity index (χ0n) is 14.9. The molecule has 2 aliphatic rings. The maximum absolute atomic E-state index is 13.2. The van der Waals surface area contributed by atoms with Crippen molar-refractivity contribution in [1.82, 2.24) is 4.90 Å². The molecule has 1 amide bonds. The lowest BCUT2D eigenvalue weighted by atomic mass is 9.92. The average Bonchev–Trinajstić information content (AvgIpc) is 2.79. The second-order valence-electron chi connectivity index (χ2n) is 6.85. The van der Waals surface area contributed by atoms with Crippen LogP contribution in [0.3, 0.4) is 0 Å². The number of Topliss-reactive ketones (excluding diaryl/α,β-unsaturated/α-hetero) is 1. The third-order valence-electron chi connectivity index (χ3n) is 5.14. The van der Waals surface area contributed by atoms with E-state index in [2.05, 4.69) is 22.5 Å². The first-order chi connectivity index (χ1) is 12.5. The summed E-state index contributed by atoms with van der Waals surface area (Å²) in [5.74, 6) is -0.326. The highest BCUT2D eigenvalue weighted by Gasteiger charge is 2.27. The summed E-state index contributed by atoms with van der Waals surface area (Å²) in [6, 6.07) is 13.1. The number of carbonyl (C=O) groups excluding carboxylic acids is 2. The number of hydrogen-bond acceptors (Lipinski definition) is 4. The van der Waals surface area contributed by atoms with Crippen molar-refractivity contribution in [2.75, 3.05) is 24.2 Å². The van der Waals surface area contributed by atoms with Gasteiger partial charge in [0.15, 0.2) is 5.78 Å². The Bertz CT molecular complexity index is 933. The molecule has 0 saturated carbocycles. The molecule has 1 unspecified atom stereocenters. The highest BCUT2D eigenvalue weighted by Crippen LogP contribution is 2.34. The maximum Gasteiger partial charge on any atom is 0.258 e. The van der Waals surface area contributed by atoms with Gasteiger partial charge >= 0.3 is 0 Å². The minimum atomic E-state index is -0.261. The number of likely N-dealkylation sites (N-methyl/N-ethyl adjacent to an activating group) is 1. The third kappa shape index (κ3) is 2.80. The predicted molar refractivity (Wildman–Crippen MR) is 103 cm³/mol. The number of anilines is 3. The summed E-state index contributed by atoms with van der Waals surface area (Å²) in [6.07, 6.45) is 2.70. The molecule has 2 aromatic rings. The molecule has 0 saturated heterocycles. The maximum atomic E-state index is 13.2. The molecule has 132 valence electrons. The van der Waals surface area contributed by atoms with Gasteiger partial charge in [-0.1, -0.05) is 30.3 Å². The number of amides is 1. The molecular formula is C21H21N3O2. The first-order valence-electron chi connectivity index (χ1n) is 8.80. The molecule has 0 spiro atoms. The summed E-state index contributed by atoms with van der Waals surface area (Å²) >= 11 is 0. The first kappa shape index (κ1) is 16.5. The number of benzene rings is 2. The van der Waals surface area contributed by atoms with Crippen LogP contribution in [-0.4, -0.2) is 36.2 Å². The standard InChI is InChI=1S/C21H21N3O2/c1-13-12-14(10-11-24(13)2)20(25)15-6-5-9-18-19(15)21(26)23-17-8-4-3-7-16(17)22-18/h3-9,12-13,22H,10-11H2,1-2H3,(H,23,26). The van der Waals surface area contributed by atoms with Gasteiger partial charge in [-0.15, -0.1) is 0 Å². The monoisotopic (exact) mass is 347 g/mol. The molecule has 0 radical (unpaired) electrons. The lowest BCUT2D eigenvalue weighted by molar-refractivity contribution is 0.0989. The van der Waals surface area contributed by atoms with Crippen molar-refractivity contribution in [3.05, 3.63) is 65.2 Å². The number of ketones is 1. The number of carbonyl (C=O) groups is 2. The van der Waals surface area contributed by atoms with E-state index in [0.29, 0.717) is 28.9 Å². The topological polar surface area (TPSA) is 61.4 Å². The van der Waals surface area contributed by atoms with Crippen LogP contribution in [0.1, 0.15) is 34.1 Å². The van der Waals surface area contributed by atoms with Gasteiger partial charge in [-0.2, -0.15) is 0 Å². The van der Waals surface area contributed by atoms with Crippen molar-refractivity contribution < 1.29 is 9.59 Å². The second kappa shape index (κ2) is 6.42. The van der Waals surface area contributed by atoms with Gasteiger partial charge in [0, 0.05) is 18.2 Å². The van der Waals surface area contributed by atoms with Gasteiger partial charge in [0.25, 0.3) is 5.91 Å². The van der Waals surface area contributed by atoms with Crippen LogP contribution in [0.2, 0.25) is 0 Å². The minimum absolute atomic E-state index is 0.0651. The van der Waals surface area contributed by atoms with Crippen molar-refractivity contribution in [3.63, 3.8) is 0 Å². The summed E-state index contributed by atoms with van der Waals surface area (Å²) in [4.78, 5) is 28.2. The van der Waals surface area contributed by atoms with Crippen molar-refractivity contribution >= 4 is 28.8 Å². The van der Waals surface area contributed by atoms with Crippen LogP contribution < -0.4 is 10.6 Å². The third-order valence-corrected chi connectivity index (χ3v) is 5.14. The Morgan fingerprint density at radius 1 is 1.04 bits per heavy atom. The van der Waals surface area contributed by atoms with Gasteiger partial charge in [0.1, 0.15) is 0 Å². The van der Waals surface area contributed by atoms with Crippen LogP contribution in [0.25, 0.3) is 0 Å². The van der Waals surface area contributed by atoms with Crippen molar-refractivity contribution in [2.45, 2.75) is 19.4 Å². The molecule has 26 heavy (non-hydrogen) atoms. The fourth-order valence-electron chi connectivity index (χ4n) is 3.49. The number of rotatable bonds is 2. The zero-order chi connectivity index (χ0) is 18.3. The highest BCUT2D eigenvalue weighted by atomic mass is 16.2. The van der Waals surface area contributed by atoms with Crippen molar-refractivity contribution in [3.8, 4) is 0 Å². The second-order valence-corrected chi connectivity index (χ2v) is 6.85. The van der Waals surface area contributed by atoms with E-state index in [4.69, 9.17) is 0 Å². The number of nitrogens with one attached hydrogen (secondary N) is 2. The van der Waals surface area contributed by atoms with Gasteiger partial charge in [-0.25, -0.2) is 0 Å². The van der Waals surface area contributed by atoms with Gasteiger partial charge in [-0.3, -0.25) is 14.5 Å². The van der Waals surface area contributed by atoms with E-state index in [1.807, 2.05) is 49.5 Å². The van der Waals surface area contributed by atoms with Crippen LogP contribution >= 0.6 is 0 Å². The number of nitrogens with zero attached hydrogens (tertiary/aromatic N) is 1. The van der Waals surface area contributed by atoms with Gasteiger partial charge in [-0.05, 0) is 44.2 Å². The molecule has 2 aliphatic heterocycles. The molecule has 5 nitrogen and oxygen atoms in total.